The number of anilines is 2. The van der Waals surface area contributed by atoms with Crippen LogP contribution in [0.15, 0.2) is 170 Å². The summed E-state index contributed by atoms with van der Waals surface area (Å²) < 4.78 is 2.71. The van der Waals surface area contributed by atoms with E-state index < -0.39 is 0 Å². The van der Waals surface area contributed by atoms with E-state index in [0.717, 1.165) is 12.8 Å². The molecule has 0 N–H and O–H groups in total. The monoisotopic (exact) mass is 671 g/mol. The molecule has 8 aromatic rings. The van der Waals surface area contributed by atoms with Crippen molar-refractivity contribution in [2.75, 3.05) is 4.90 Å². The fourth-order valence-corrected chi connectivity index (χ4v) is 9.71. The van der Waals surface area contributed by atoms with Crippen LogP contribution in [0.4, 0.5) is 11.4 Å². The van der Waals surface area contributed by atoms with E-state index in [1.807, 2.05) is 11.3 Å². The summed E-state index contributed by atoms with van der Waals surface area (Å²) in [5.74, 6) is 0. The van der Waals surface area contributed by atoms with E-state index in [9.17, 15) is 0 Å². The van der Waals surface area contributed by atoms with E-state index in [4.69, 9.17) is 0 Å². The molecular weight excluding hydrogens is 635 g/mol. The first kappa shape index (κ1) is 30.2. The van der Waals surface area contributed by atoms with Crippen molar-refractivity contribution < 1.29 is 0 Å². The van der Waals surface area contributed by atoms with Gasteiger partial charge in [0, 0.05) is 42.7 Å². The Kier molecular flexibility index (Phi) is 6.91. The topological polar surface area (TPSA) is 3.24 Å². The van der Waals surface area contributed by atoms with Crippen LogP contribution in [-0.2, 0) is 5.41 Å². The van der Waals surface area contributed by atoms with Gasteiger partial charge in [0.2, 0.25) is 0 Å². The van der Waals surface area contributed by atoms with Gasteiger partial charge in [0.1, 0.15) is 0 Å². The van der Waals surface area contributed by atoms with Crippen LogP contribution in [0, 0.1) is 0 Å². The van der Waals surface area contributed by atoms with E-state index in [0.29, 0.717) is 0 Å². The van der Waals surface area contributed by atoms with Crippen LogP contribution in [0.3, 0.4) is 0 Å². The van der Waals surface area contributed by atoms with Gasteiger partial charge in [0.25, 0.3) is 0 Å². The molecule has 1 nitrogen and oxygen atoms in total. The van der Waals surface area contributed by atoms with E-state index in [2.05, 4.69) is 183 Å². The van der Waals surface area contributed by atoms with Crippen molar-refractivity contribution in [2.45, 2.75) is 32.1 Å². The van der Waals surface area contributed by atoms with Gasteiger partial charge in [-0.3, -0.25) is 0 Å². The molecular formula is C49H37NS. The highest BCUT2D eigenvalue weighted by molar-refractivity contribution is 7.26. The summed E-state index contributed by atoms with van der Waals surface area (Å²) in [6, 6.07) is 56.2. The Balaban J connectivity index is 1.05. The van der Waals surface area contributed by atoms with Crippen molar-refractivity contribution in [1.82, 2.24) is 0 Å². The summed E-state index contributed by atoms with van der Waals surface area (Å²) >= 11 is 1.91. The van der Waals surface area contributed by atoms with Crippen LogP contribution in [0.25, 0.3) is 58.8 Å². The van der Waals surface area contributed by atoms with E-state index in [1.54, 1.807) is 0 Å². The zero-order valence-electron chi connectivity index (χ0n) is 28.9. The minimum Gasteiger partial charge on any atom is -0.314 e. The second-order valence-corrected chi connectivity index (χ2v) is 15.6. The normalized spacial score (nSPS) is 14.7. The average Bonchev–Trinajstić information content (AvgIpc) is 3.67. The van der Waals surface area contributed by atoms with Crippen LogP contribution in [0.2, 0.25) is 0 Å². The van der Waals surface area contributed by atoms with Crippen LogP contribution in [0.1, 0.15) is 43.4 Å². The molecule has 0 fully saturated rings. The quantitative estimate of drug-likeness (QED) is 0.176. The van der Waals surface area contributed by atoms with Gasteiger partial charge >= 0.3 is 0 Å². The molecule has 51 heavy (non-hydrogen) atoms. The van der Waals surface area contributed by atoms with Gasteiger partial charge in [-0.1, -0.05) is 135 Å². The molecule has 244 valence electrons. The largest absolute Gasteiger partial charge is 0.314 e. The van der Waals surface area contributed by atoms with Gasteiger partial charge in [-0.05, 0) is 111 Å². The summed E-state index contributed by atoms with van der Waals surface area (Å²) in [5.41, 5.74) is 14.3. The number of fused-ring (bicyclic) bond motifs is 8. The van der Waals surface area contributed by atoms with Crippen molar-refractivity contribution in [3.63, 3.8) is 0 Å². The molecule has 0 amide bonds. The number of thiophene rings is 1. The summed E-state index contributed by atoms with van der Waals surface area (Å²) in [7, 11) is 0. The highest BCUT2D eigenvalue weighted by Gasteiger charge is 2.36. The summed E-state index contributed by atoms with van der Waals surface area (Å²) in [4.78, 5) is 2.49. The molecule has 0 spiro atoms. The molecule has 1 heterocycles. The van der Waals surface area contributed by atoms with Crippen molar-refractivity contribution in [3.8, 4) is 22.3 Å². The number of benzene rings is 7. The minimum atomic E-state index is -0.0592. The molecule has 2 aliphatic carbocycles. The smallest absolute Gasteiger partial charge is 0.0461 e. The molecule has 10 rings (SSSR count). The van der Waals surface area contributed by atoms with Gasteiger partial charge in [0.05, 0.1) is 0 Å². The maximum Gasteiger partial charge on any atom is 0.0461 e. The summed E-state index contributed by atoms with van der Waals surface area (Å²) in [5, 5.41) is 5.38. The van der Waals surface area contributed by atoms with Crippen LogP contribution in [-0.4, -0.2) is 0 Å². The van der Waals surface area contributed by atoms with Crippen molar-refractivity contribution in [2.24, 2.45) is 0 Å². The molecule has 0 atom stereocenters. The highest BCUT2D eigenvalue weighted by atomic mass is 32.1. The Labute approximate surface area is 303 Å². The van der Waals surface area contributed by atoms with Gasteiger partial charge in [-0.25, -0.2) is 0 Å². The zero-order valence-corrected chi connectivity index (χ0v) is 29.7. The maximum absolute atomic E-state index is 2.49. The summed E-state index contributed by atoms with van der Waals surface area (Å²) in [6.07, 6.45) is 6.68. The molecule has 0 aliphatic heterocycles. The summed E-state index contributed by atoms with van der Waals surface area (Å²) in [6.45, 7) is 4.73. The van der Waals surface area contributed by atoms with Crippen molar-refractivity contribution in [3.05, 3.63) is 186 Å². The lowest BCUT2D eigenvalue weighted by Crippen LogP contribution is -2.20. The molecule has 1 aromatic heterocycles. The van der Waals surface area contributed by atoms with Gasteiger partial charge in [0.15, 0.2) is 0 Å². The number of allylic oxidation sites excluding steroid dienone is 4. The molecule has 0 bridgehead atoms. The molecule has 7 aromatic carbocycles. The van der Waals surface area contributed by atoms with E-state index >= 15 is 0 Å². The third-order valence-corrected chi connectivity index (χ3v) is 12.3. The molecule has 2 heteroatoms. The molecule has 2 aliphatic rings. The lowest BCUT2D eigenvalue weighted by atomic mass is 9.82. The highest BCUT2D eigenvalue weighted by Crippen LogP contribution is 2.50. The first-order valence-corrected chi connectivity index (χ1v) is 18.8. The average molecular weight is 672 g/mol. The predicted molar refractivity (Wildman–Crippen MR) is 220 cm³/mol. The predicted octanol–water partition coefficient (Wildman–Crippen LogP) is 14.1. The van der Waals surface area contributed by atoms with Gasteiger partial charge in [-0.2, -0.15) is 0 Å². The molecule has 0 saturated carbocycles. The van der Waals surface area contributed by atoms with Gasteiger partial charge in [-0.15, -0.1) is 11.3 Å². The van der Waals surface area contributed by atoms with Crippen LogP contribution < -0.4 is 4.90 Å². The minimum absolute atomic E-state index is 0.0592. The number of rotatable bonds is 5. The molecule has 0 unspecified atom stereocenters. The molecule has 0 radical (unpaired) electrons. The SMILES string of the molecule is CC1(C)c2ccccc2-c2ccc(N(C3=CC=C(c4ccc5c(c4)sc4ccc6ccccc6c45)CC3)c3ccc(-c4ccccc4)cc3)cc21. The van der Waals surface area contributed by atoms with E-state index in [-0.39, 0.29) is 5.41 Å². The Bertz CT molecular complexity index is 2710. The molecule has 0 saturated heterocycles. The number of hydrogen-bond donors (Lipinski definition) is 0. The number of hydrogen-bond acceptors (Lipinski definition) is 2. The second kappa shape index (κ2) is 11.7. The Morgan fingerprint density at radius 1 is 0.510 bits per heavy atom. The van der Waals surface area contributed by atoms with Crippen molar-refractivity contribution in [1.29, 1.82) is 0 Å². The Hall–Kier alpha value is -5.70. The number of nitrogens with zero attached hydrogens (tertiary/aromatic N) is 1. The Morgan fingerprint density at radius 2 is 1.24 bits per heavy atom. The fraction of sp³-hybridized carbons (Fsp3) is 0.102. The zero-order chi connectivity index (χ0) is 34.1. The lowest BCUT2D eigenvalue weighted by molar-refractivity contribution is 0.660. The van der Waals surface area contributed by atoms with Crippen molar-refractivity contribution >= 4 is 59.2 Å². The standard InChI is InChI=1S/C49H37NS/c1-49(2)44-15-9-8-14-41(44)42-28-26-39(31-45(42)49)50(37-22-16-33(17-23-37)32-10-4-3-5-11-32)38-24-18-34(19-25-38)36-20-27-43-47(30-36)51-46-29-21-35-12-6-7-13-40(35)48(43)46/h3-18,20-24,26-31H,19,25H2,1-2H3. The van der Waals surface area contributed by atoms with Crippen LogP contribution in [0.5, 0.6) is 0 Å². The fourth-order valence-electron chi connectivity index (χ4n) is 8.54. The second-order valence-electron chi connectivity index (χ2n) is 14.5. The van der Waals surface area contributed by atoms with Gasteiger partial charge < -0.3 is 4.90 Å². The first-order chi connectivity index (χ1) is 25.0. The first-order valence-electron chi connectivity index (χ1n) is 18.0. The Morgan fingerprint density at radius 3 is 2.08 bits per heavy atom. The lowest BCUT2D eigenvalue weighted by Gasteiger charge is -2.31. The third-order valence-electron chi connectivity index (χ3n) is 11.2. The third kappa shape index (κ3) is 4.89. The van der Waals surface area contributed by atoms with Crippen LogP contribution >= 0.6 is 11.3 Å². The maximum atomic E-state index is 2.49. The van der Waals surface area contributed by atoms with E-state index in [1.165, 1.54) is 92.5 Å².